The average molecular weight is 403 g/mol. The van der Waals surface area contributed by atoms with Crippen LogP contribution in [0.15, 0.2) is 42.5 Å². The number of rotatable bonds is 5. The molecule has 0 aliphatic carbocycles. The number of alkyl halides is 6. The van der Waals surface area contributed by atoms with Gasteiger partial charge in [0.2, 0.25) is 0 Å². The summed E-state index contributed by atoms with van der Waals surface area (Å²) in [5.41, 5.74) is -2.76. The first-order valence-electron chi connectivity index (χ1n) is 7.57. The topological polar surface area (TPSA) is 70.2 Å². The molecule has 2 rings (SSSR count). The van der Waals surface area contributed by atoms with Crippen LogP contribution in [0.3, 0.4) is 0 Å². The van der Waals surface area contributed by atoms with Gasteiger partial charge in [0.1, 0.15) is 6.54 Å². The van der Waals surface area contributed by atoms with E-state index in [1.54, 1.807) is 0 Å². The van der Waals surface area contributed by atoms with Crippen molar-refractivity contribution in [1.82, 2.24) is 0 Å². The van der Waals surface area contributed by atoms with Crippen LogP contribution in [0.5, 0.6) is 0 Å². The predicted molar refractivity (Wildman–Crippen MR) is 86.4 cm³/mol. The number of hydrogen-bond acceptors (Lipinski definition) is 4. The van der Waals surface area contributed by atoms with Gasteiger partial charge in [-0.05, 0) is 23.8 Å². The molecule has 2 aromatic rings. The third-order valence-electron chi connectivity index (χ3n) is 3.66. The van der Waals surface area contributed by atoms with Gasteiger partial charge in [-0.25, -0.2) is 0 Å². The fraction of sp³-hybridized carbons (Fsp3) is 0.235. The van der Waals surface area contributed by atoms with Gasteiger partial charge < -0.3 is 4.90 Å². The van der Waals surface area contributed by atoms with Crippen LogP contribution in [0.1, 0.15) is 16.7 Å². The quantitative estimate of drug-likeness (QED) is 0.398. The van der Waals surface area contributed by atoms with Gasteiger partial charge in [-0.15, -0.1) is 0 Å². The van der Waals surface area contributed by atoms with E-state index in [4.69, 9.17) is 5.26 Å². The summed E-state index contributed by atoms with van der Waals surface area (Å²) in [6, 6.07) is 8.33. The molecule has 0 spiro atoms. The molecule has 5 nitrogen and oxygen atoms in total. The van der Waals surface area contributed by atoms with Gasteiger partial charge in [-0.2, -0.15) is 31.6 Å². The normalized spacial score (nSPS) is 11.8. The molecule has 0 saturated carbocycles. The smallest absolute Gasteiger partial charge is 0.358 e. The summed E-state index contributed by atoms with van der Waals surface area (Å²) in [7, 11) is 0. The third-order valence-corrected chi connectivity index (χ3v) is 3.66. The zero-order valence-electron chi connectivity index (χ0n) is 13.9. The molecule has 148 valence electrons. The highest BCUT2D eigenvalue weighted by Crippen LogP contribution is 2.35. The number of halogens is 6. The molecular formula is C17H11F6N3O2. The Hall–Kier alpha value is -3.29. The fourth-order valence-electron chi connectivity index (χ4n) is 2.50. The first-order valence-corrected chi connectivity index (χ1v) is 7.57. The summed E-state index contributed by atoms with van der Waals surface area (Å²) in [5, 5.41) is 19.6. The lowest BCUT2D eigenvalue weighted by Gasteiger charge is -2.27. The zero-order chi connectivity index (χ0) is 21.1. The van der Waals surface area contributed by atoms with E-state index in [-0.39, 0.29) is 11.3 Å². The van der Waals surface area contributed by atoms with Crippen molar-refractivity contribution in [3.8, 4) is 6.07 Å². The molecule has 2 aromatic carbocycles. The molecule has 11 heteroatoms. The lowest BCUT2D eigenvalue weighted by Crippen LogP contribution is -2.34. The molecule has 0 atom stereocenters. The molecule has 0 heterocycles. The van der Waals surface area contributed by atoms with E-state index in [0.717, 1.165) is 24.3 Å². The van der Waals surface area contributed by atoms with Gasteiger partial charge in [-0.3, -0.25) is 10.1 Å². The van der Waals surface area contributed by atoms with E-state index in [1.807, 2.05) is 0 Å². The maximum atomic E-state index is 13.1. The molecule has 0 unspecified atom stereocenters. The van der Waals surface area contributed by atoms with Crippen LogP contribution < -0.4 is 4.90 Å². The first kappa shape index (κ1) is 21.0. The molecule has 0 saturated heterocycles. The van der Waals surface area contributed by atoms with Crippen LogP contribution in [0.4, 0.5) is 37.7 Å². The van der Waals surface area contributed by atoms with Gasteiger partial charge in [0.25, 0.3) is 5.69 Å². The molecular weight excluding hydrogens is 392 g/mol. The molecule has 0 bridgehead atoms. The van der Waals surface area contributed by atoms with Crippen LogP contribution in [0, 0.1) is 21.4 Å². The van der Waals surface area contributed by atoms with E-state index in [9.17, 15) is 36.5 Å². The number of anilines is 1. The number of benzene rings is 2. The molecule has 28 heavy (non-hydrogen) atoms. The number of nitrogens with zero attached hydrogens (tertiary/aromatic N) is 3. The van der Waals surface area contributed by atoms with Gasteiger partial charge >= 0.3 is 12.4 Å². The Bertz CT molecular complexity index is 918. The van der Waals surface area contributed by atoms with E-state index in [2.05, 4.69) is 0 Å². The monoisotopic (exact) mass is 403 g/mol. The Balaban J connectivity index is 2.48. The van der Waals surface area contributed by atoms with Crippen molar-refractivity contribution >= 4 is 11.4 Å². The van der Waals surface area contributed by atoms with Gasteiger partial charge in [-0.1, -0.05) is 12.1 Å². The third kappa shape index (κ3) is 5.35. The second-order valence-corrected chi connectivity index (χ2v) is 5.74. The second kappa shape index (κ2) is 7.75. The molecule has 0 aromatic heterocycles. The second-order valence-electron chi connectivity index (χ2n) is 5.74. The van der Waals surface area contributed by atoms with Crippen molar-refractivity contribution in [3.63, 3.8) is 0 Å². The van der Waals surface area contributed by atoms with Crippen molar-refractivity contribution in [2.45, 2.75) is 18.9 Å². The van der Waals surface area contributed by atoms with Crippen molar-refractivity contribution in [3.05, 3.63) is 69.3 Å². The number of hydrogen-bond donors (Lipinski definition) is 0. The van der Waals surface area contributed by atoms with Crippen molar-refractivity contribution in [2.75, 3.05) is 11.4 Å². The summed E-state index contributed by atoms with van der Waals surface area (Å²) in [6.45, 7) is -2.11. The number of nitro groups is 1. The van der Waals surface area contributed by atoms with Crippen molar-refractivity contribution in [1.29, 1.82) is 5.26 Å². The highest BCUT2D eigenvalue weighted by atomic mass is 19.4. The fourth-order valence-corrected chi connectivity index (χ4v) is 2.50. The Morgan fingerprint density at radius 2 is 1.75 bits per heavy atom. The van der Waals surface area contributed by atoms with Crippen LogP contribution in [-0.2, 0) is 12.7 Å². The van der Waals surface area contributed by atoms with Crippen LogP contribution >= 0.6 is 0 Å². The Morgan fingerprint density at radius 3 is 2.29 bits per heavy atom. The first-order chi connectivity index (χ1) is 12.9. The minimum absolute atomic E-state index is 0.108. The minimum Gasteiger partial charge on any atom is -0.358 e. The van der Waals surface area contributed by atoms with Gasteiger partial charge in [0, 0.05) is 24.4 Å². The van der Waals surface area contributed by atoms with E-state index in [1.165, 1.54) is 18.2 Å². The summed E-state index contributed by atoms with van der Waals surface area (Å²) in [4.78, 5) is 10.7. The van der Waals surface area contributed by atoms with E-state index in [0.29, 0.717) is 11.0 Å². The highest BCUT2D eigenvalue weighted by molar-refractivity contribution is 5.55. The van der Waals surface area contributed by atoms with Crippen molar-refractivity contribution in [2.24, 2.45) is 0 Å². The summed E-state index contributed by atoms with van der Waals surface area (Å²) in [6.07, 6.45) is -9.68. The maximum Gasteiger partial charge on any atom is 0.417 e. The van der Waals surface area contributed by atoms with E-state index < -0.39 is 47.2 Å². The summed E-state index contributed by atoms with van der Waals surface area (Å²) < 4.78 is 78.2. The van der Waals surface area contributed by atoms with Gasteiger partial charge in [0.15, 0.2) is 0 Å². The molecule has 0 aliphatic rings. The zero-order valence-corrected chi connectivity index (χ0v) is 13.9. The van der Waals surface area contributed by atoms with Crippen molar-refractivity contribution < 1.29 is 31.3 Å². The highest BCUT2D eigenvalue weighted by Gasteiger charge is 2.36. The van der Waals surface area contributed by atoms with Crippen LogP contribution in [0.2, 0.25) is 0 Å². The lowest BCUT2D eigenvalue weighted by atomic mass is 10.1. The molecule has 0 N–H and O–H groups in total. The largest absolute Gasteiger partial charge is 0.417 e. The van der Waals surface area contributed by atoms with E-state index >= 15 is 0 Å². The average Bonchev–Trinajstić information content (AvgIpc) is 2.59. The standard InChI is InChI=1S/C17H11F6N3O2/c18-16(19,20)10-25(9-11-2-1-3-14(6-11)26(27)28)13-5-4-12(8-24)15(7-13)17(21,22)23/h1-7H,9-10H2. The Morgan fingerprint density at radius 1 is 1.07 bits per heavy atom. The number of non-ortho nitro benzene ring substituents is 1. The predicted octanol–water partition coefficient (Wildman–Crippen LogP) is 5.05. The SMILES string of the molecule is N#Cc1ccc(N(Cc2cccc([N+](=O)[O-])c2)CC(F)(F)F)cc1C(F)(F)F. The molecule has 0 aliphatic heterocycles. The summed E-state index contributed by atoms with van der Waals surface area (Å²) >= 11 is 0. The molecule has 0 fully saturated rings. The summed E-state index contributed by atoms with van der Waals surface area (Å²) in [5.74, 6) is 0. The van der Waals surface area contributed by atoms with Crippen LogP contribution in [-0.4, -0.2) is 17.6 Å². The van der Waals surface area contributed by atoms with Crippen LogP contribution in [0.25, 0.3) is 0 Å². The Kier molecular flexibility index (Phi) is 5.82. The number of nitriles is 1. The maximum absolute atomic E-state index is 13.1. The molecule has 0 radical (unpaired) electrons. The lowest BCUT2D eigenvalue weighted by molar-refractivity contribution is -0.384. The van der Waals surface area contributed by atoms with Gasteiger partial charge in [0.05, 0.1) is 22.1 Å². The Labute approximate surface area is 154 Å². The molecule has 0 amide bonds. The minimum atomic E-state index is -4.93. The number of nitro benzene ring substituents is 1.